The Hall–Kier alpha value is -5.94. The highest BCUT2D eigenvalue weighted by atomic mass is 19.1. The molecule has 8 rings (SSSR count). The van der Waals surface area contributed by atoms with E-state index in [9.17, 15) is 22.8 Å². The van der Waals surface area contributed by atoms with Crippen LogP contribution in [0.3, 0.4) is 0 Å². The quantitative estimate of drug-likeness (QED) is 0.195. The van der Waals surface area contributed by atoms with Crippen LogP contribution in [-0.4, -0.2) is 14.1 Å². The lowest BCUT2D eigenvalue weighted by Crippen LogP contribution is -2.03. The molecule has 8 heteroatoms. The molecule has 0 aliphatic carbocycles. The highest BCUT2D eigenvalue weighted by molar-refractivity contribution is 6.11. The second-order valence-corrected chi connectivity index (χ2v) is 10.5. The zero-order valence-electron chi connectivity index (χ0n) is 22.7. The Morgan fingerprint density at radius 2 is 1.00 bits per heavy atom. The molecule has 0 unspecified atom stereocenters. The molecule has 0 spiro atoms. The number of aromatic nitrogens is 3. The third-order valence-electron chi connectivity index (χ3n) is 8.03. The first-order valence-electron chi connectivity index (χ1n) is 13.7. The van der Waals surface area contributed by atoms with Crippen molar-refractivity contribution >= 4 is 43.6 Å². The van der Waals surface area contributed by atoms with E-state index in [1.165, 1.54) is 48.5 Å². The maximum atomic E-state index is 14.4. The number of nitrogens with zero attached hydrogens (tertiary/aromatic N) is 4. The van der Waals surface area contributed by atoms with E-state index in [-0.39, 0.29) is 0 Å². The van der Waals surface area contributed by atoms with E-state index < -0.39 is 23.3 Å². The fourth-order valence-corrected chi connectivity index (χ4v) is 6.22. The molecule has 0 fully saturated rings. The average molecular weight is 583 g/mol. The van der Waals surface area contributed by atoms with Crippen LogP contribution in [-0.2, 0) is 0 Å². The van der Waals surface area contributed by atoms with Crippen LogP contribution in [0.5, 0.6) is 0 Å². The lowest BCUT2D eigenvalue weighted by Gasteiger charge is -2.18. The molecule has 5 aromatic carbocycles. The van der Waals surface area contributed by atoms with Gasteiger partial charge < -0.3 is 4.57 Å². The summed E-state index contributed by atoms with van der Waals surface area (Å²) in [6.07, 6.45) is 1.63. The number of rotatable bonds is 3. The summed E-state index contributed by atoms with van der Waals surface area (Å²) in [5.41, 5.74) is 4.82. The van der Waals surface area contributed by atoms with Crippen LogP contribution in [0.2, 0.25) is 0 Å². The molecule has 3 heterocycles. The van der Waals surface area contributed by atoms with Gasteiger partial charge in [0.15, 0.2) is 0 Å². The fraction of sp³-hybridized carbons (Fsp3) is 0. The van der Waals surface area contributed by atoms with Gasteiger partial charge in [0.25, 0.3) is 0 Å². The number of hydrogen-bond donors (Lipinski definition) is 0. The Morgan fingerprint density at radius 3 is 1.48 bits per heavy atom. The van der Waals surface area contributed by atoms with Crippen molar-refractivity contribution in [1.29, 1.82) is 5.26 Å². The molecule has 0 bridgehead atoms. The van der Waals surface area contributed by atoms with Crippen molar-refractivity contribution in [2.45, 2.75) is 0 Å². The number of fused-ring (bicyclic) bond motifs is 6. The molecule has 3 aromatic heterocycles. The highest BCUT2D eigenvalue weighted by Crippen LogP contribution is 2.40. The van der Waals surface area contributed by atoms with Gasteiger partial charge in [0, 0.05) is 38.9 Å². The van der Waals surface area contributed by atoms with Crippen LogP contribution in [0.15, 0.2) is 109 Å². The molecule has 0 saturated heterocycles. The molecule has 0 radical (unpaired) electrons. The molecular weight excluding hydrogens is 564 g/mol. The summed E-state index contributed by atoms with van der Waals surface area (Å²) >= 11 is 0. The zero-order valence-corrected chi connectivity index (χ0v) is 22.7. The minimum absolute atomic E-state index is 0.391. The molecule has 0 aliphatic heterocycles. The Labute approximate surface area is 247 Å². The summed E-state index contributed by atoms with van der Waals surface area (Å²) in [4.78, 5) is 4.75. The van der Waals surface area contributed by atoms with Crippen molar-refractivity contribution in [3.8, 4) is 28.7 Å². The minimum atomic E-state index is -0.453. The zero-order chi connectivity index (χ0) is 30.1. The van der Waals surface area contributed by atoms with Crippen molar-refractivity contribution in [3.63, 3.8) is 0 Å². The molecule has 0 saturated carbocycles. The Kier molecular flexibility index (Phi) is 5.58. The van der Waals surface area contributed by atoms with Crippen molar-refractivity contribution < 1.29 is 17.6 Å². The third-order valence-corrected chi connectivity index (χ3v) is 8.03. The molecule has 8 aromatic rings. The first-order valence-corrected chi connectivity index (χ1v) is 13.7. The van der Waals surface area contributed by atoms with Crippen LogP contribution in [0, 0.1) is 34.6 Å². The molecule has 44 heavy (non-hydrogen) atoms. The van der Waals surface area contributed by atoms with E-state index in [0.717, 1.165) is 0 Å². The van der Waals surface area contributed by atoms with E-state index in [0.29, 0.717) is 71.8 Å². The number of pyridine rings is 1. The highest BCUT2D eigenvalue weighted by Gasteiger charge is 2.22. The maximum Gasteiger partial charge on any atom is 0.145 e. The number of benzene rings is 5. The summed E-state index contributed by atoms with van der Waals surface area (Å²) in [6.45, 7) is 0. The van der Waals surface area contributed by atoms with Gasteiger partial charge in [-0.15, -0.1) is 0 Å². The summed E-state index contributed by atoms with van der Waals surface area (Å²) in [6, 6.07) is 28.5. The monoisotopic (exact) mass is 582 g/mol. The van der Waals surface area contributed by atoms with Crippen LogP contribution in [0.1, 0.15) is 5.56 Å². The molecule has 210 valence electrons. The molecule has 0 aliphatic rings. The van der Waals surface area contributed by atoms with Gasteiger partial charge in [0.05, 0.1) is 39.4 Å². The summed E-state index contributed by atoms with van der Waals surface area (Å²) < 4.78 is 61.5. The number of hydrogen-bond acceptors (Lipinski definition) is 2. The van der Waals surface area contributed by atoms with Crippen molar-refractivity contribution in [1.82, 2.24) is 14.1 Å². The van der Waals surface area contributed by atoms with Crippen LogP contribution in [0.4, 0.5) is 17.6 Å². The Bertz CT molecular complexity index is 2400. The van der Waals surface area contributed by atoms with Gasteiger partial charge in [-0.2, -0.15) is 5.26 Å². The van der Waals surface area contributed by atoms with Crippen LogP contribution < -0.4 is 0 Å². The largest absolute Gasteiger partial charge is 0.309 e. The van der Waals surface area contributed by atoms with Gasteiger partial charge in [-0.05, 0) is 103 Å². The lowest BCUT2D eigenvalue weighted by atomic mass is 10.0. The Balaban J connectivity index is 1.49. The van der Waals surface area contributed by atoms with Gasteiger partial charge in [-0.3, -0.25) is 4.57 Å². The lowest BCUT2D eigenvalue weighted by molar-refractivity contribution is 0.628. The molecule has 4 nitrogen and oxygen atoms in total. The number of halogens is 4. The van der Waals surface area contributed by atoms with Crippen LogP contribution >= 0.6 is 0 Å². The van der Waals surface area contributed by atoms with Gasteiger partial charge >= 0.3 is 0 Å². The third kappa shape index (κ3) is 3.80. The van der Waals surface area contributed by atoms with Crippen LogP contribution in [0.25, 0.3) is 66.2 Å². The van der Waals surface area contributed by atoms with Gasteiger partial charge in [0.2, 0.25) is 0 Å². The van der Waals surface area contributed by atoms with Gasteiger partial charge in [0.1, 0.15) is 29.1 Å². The van der Waals surface area contributed by atoms with E-state index in [2.05, 4.69) is 6.07 Å². The van der Waals surface area contributed by atoms with Crippen molar-refractivity contribution in [3.05, 3.63) is 138 Å². The standard InChI is InChI=1S/C36H18F4N4/c37-21-4-9-32-27(15-21)28-16-22(38)5-10-33(28)43(32)31-8-3-20(19-41)14-26(31)25-2-1-13-42-36(25)44-34-11-6-23(39)17-29(34)30-18-24(40)7-12-35(30)44/h1-18H. The molecule has 0 N–H and O–H groups in total. The Morgan fingerprint density at radius 1 is 0.523 bits per heavy atom. The predicted octanol–water partition coefficient (Wildman–Crippen LogP) is 9.37. The average Bonchev–Trinajstić information content (AvgIpc) is 3.51. The van der Waals surface area contributed by atoms with Crippen molar-refractivity contribution in [2.75, 3.05) is 0 Å². The number of nitriles is 1. The van der Waals surface area contributed by atoms with E-state index in [4.69, 9.17) is 4.98 Å². The van der Waals surface area contributed by atoms with E-state index in [1.807, 2.05) is 15.2 Å². The molecular formula is C36H18F4N4. The minimum Gasteiger partial charge on any atom is -0.309 e. The first kappa shape index (κ1) is 25.7. The van der Waals surface area contributed by atoms with Gasteiger partial charge in [-0.1, -0.05) is 0 Å². The van der Waals surface area contributed by atoms with Crippen molar-refractivity contribution in [2.24, 2.45) is 0 Å². The second kappa shape index (κ2) is 9.54. The van der Waals surface area contributed by atoms with E-state index in [1.54, 1.807) is 54.7 Å². The second-order valence-electron chi connectivity index (χ2n) is 10.5. The predicted molar refractivity (Wildman–Crippen MR) is 163 cm³/mol. The smallest absolute Gasteiger partial charge is 0.145 e. The molecule has 0 atom stereocenters. The summed E-state index contributed by atoms with van der Waals surface area (Å²) in [5, 5.41) is 12.0. The summed E-state index contributed by atoms with van der Waals surface area (Å²) in [5.74, 6) is -1.33. The SMILES string of the molecule is N#Cc1ccc(-n2c3ccc(F)cc3c3cc(F)ccc32)c(-c2cccnc2-n2c3ccc(F)cc3c3cc(F)ccc32)c1. The normalized spacial score (nSPS) is 11.6. The molecule has 0 amide bonds. The first-order chi connectivity index (χ1) is 21.4. The van der Waals surface area contributed by atoms with Gasteiger partial charge in [-0.25, -0.2) is 22.5 Å². The van der Waals surface area contributed by atoms with E-state index >= 15 is 0 Å². The topological polar surface area (TPSA) is 46.5 Å². The fourth-order valence-electron chi connectivity index (χ4n) is 6.22. The summed E-state index contributed by atoms with van der Waals surface area (Å²) in [7, 11) is 0. The maximum absolute atomic E-state index is 14.4.